The lowest BCUT2D eigenvalue weighted by atomic mass is 10.0. The van der Waals surface area contributed by atoms with Crippen molar-refractivity contribution >= 4 is 23.5 Å². The Kier molecular flexibility index (Phi) is 5.14. The summed E-state index contributed by atoms with van der Waals surface area (Å²) in [5, 5.41) is 11.5. The van der Waals surface area contributed by atoms with Crippen LogP contribution >= 0.6 is 11.6 Å². The van der Waals surface area contributed by atoms with Crippen molar-refractivity contribution in [1.29, 1.82) is 0 Å². The molecule has 0 saturated carbocycles. The molecule has 1 aliphatic heterocycles. The number of hydrogen-bond donors (Lipinski definition) is 2. The van der Waals surface area contributed by atoms with Crippen molar-refractivity contribution in [3.63, 3.8) is 0 Å². The highest BCUT2D eigenvalue weighted by molar-refractivity contribution is 6.30. The molecular weight excluding hydrogens is 301 g/mol. The maximum Gasteiger partial charge on any atom is 0.305 e. The Balaban J connectivity index is 2.14. The lowest BCUT2D eigenvalue weighted by Crippen LogP contribution is -2.37. The van der Waals surface area contributed by atoms with Gasteiger partial charge in [-0.2, -0.15) is 0 Å². The van der Waals surface area contributed by atoms with Crippen molar-refractivity contribution in [2.45, 2.75) is 31.4 Å². The zero-order valence-corrected chi connectivity index (χ0v) is 11.9. The fraction of sp³-hybridized carbons (Fsp3) is 0.429. The smallest absolute Gasteiger partial charge is 0.305 e. The van der Waals surface area contributed by atoms with Gasteiger partial charge in [0, 0.05) is 6.61 Å². The minimum atomic E-state index is -1.09. The van der Waals surface area contributed by atoms with Crippen molar-refractivity contribution in [2.24, 2.45) is 0 Å². The second-order valence-corrected chi connectivity index (χ2v) is 5.24. The first-order valence-corrected chi connectivity index (χ1v) is 6.94. The molecule has 2 N–H and O–H groups in total. The summed E-state index contributed by atoms with van der Waals surface area (Å²) in [5.74, 6) is -2.13. The molecule has 1 aromatic rings. The van der Waals surface area contributed by atoms with E-state index in [9.17, 15) is 14.0 Å². The Hall–Kier alpha value is -1.66. The van der Waals surface area contributed by atoms with Crippen LogP contribution < -0.4 is 5.32 Å². The summed E-state index contributed by atoms with van der Waals surface area (Å²) in [6.45, 7) is 0.511. The van der Waals surface area contributed by atoms with E-state index in [0.717, 1.165) is 12.5 Å². The first-order valence-electron chi connectivity index (χ1n) is 6.56. The Labute approximate surface area is 126 Å². The van der Waals surface area contributed by atoms with Gasteiger partial charge < -0.3 is 15.2 Å². The molecule has 0 bridgehead atoms. The maximum absolute atomic E-state index is 13.5. The number of halogens is 2. The van der Waals surface area contributed by atoms with Crippen molar-refractivity contribution in [3.05, 3.63) is 34.6 Å². The lowest BCUT2D eigenvalue weighted by Gasteiger charge is -2.20. The molecule has 0 aromatic heterocycles. The third-order valence-corrected chi connectivity index (χ3v) is 3.57. The van der Waals surface area contributed by atoms with Gasteiger partial charge in [-0.3, -0.25) is 9.59 Å². The van der Waals surface area contributed by atoms with E-state index in [1.807, 2.05) is 0 Å². The molecule has 5 nitrogen and oxygen atoms in total. The zero-order valence-electron chi connectivity index (χ0n) is 11.1. The molecule has 1 aromatic carbocycles. The number of rotatable bonds is 5. The van der Waals surface area contributed by atoms with Gasteiger partial charge in [0.25, 0.3) is 0 Å². The summed E-state index contributed by atoms with van der Waals surface area (Å²) < 4.78 is 18.7. The van der Waals surface area contributed by atoms with E-state index in [1.165, 1.54) is 12.1 Å². The van der Waals surface area contributed by atoms with Gasteiger partial charge in [0.1, 0.15) is 11.9 Å². The minimum absolute atomic E-state index is 0.0572. The van der Waals surface area contributed by atoms with Gasteiger partial charge in [0.2, 0.25) is 5.91 Å². The van der Waals surface area contributed by atoms with E-state index in [4.69, 9.17) is 21.4 Å². The number of hydrogen-bond acceptors (Lipinski definition) is 3. The van der Waals surface area contributed by atoms with Crippen LogP contribution in [0, 0.1) is 5.82 Å². The van der Waals surface area contributed by atoms with Gasteiger partial charge in [0.05, 0.1) is 17.5 Å². The average molecular weight is 316 g/mol. The molecular formula is C14H15ClFNO4. The van der Waals surface area contributed by atoms with Gasteiger partial charge in [0.15, 0.2) is 0 Å². The van der Waals surface area contributed by atoms with Gasteiger partial charge in [-0.1, -0.05) is 17.7 Å². The van der Waals surface area contributed by atoms with E-state index in [0.29, 0.717) is 18.6 Å². The van der Waals surface area contributed by atoms with Crippen LogP contribution in [0.15, 0.2) is 18.2 Å². The molecule has 1 aliphatic rings. The summed E-state index contributed by atoms with van der Waals surface area (Å²) in [6.07, 6.45) is 0.468. The molecule has 0 spiro atoms. The van der Waals surface area contributed by atoms with E-state index in [2.05, 4.69) is 5.32 Å². The molecule has 1 amide bonds. The van der Waals surface area contributed by atoms with Gasteiger partial charge in [-0.15, -0.1) is 0 Å². The van der Waals surface area contributed by atoms with E-state index in [1.54, 1.807) is 0 Å². The summed E-state index contributed by atoms with van der Waals surface area (Å²) in [7, 11) is 0. The molecule has 21 heavy (non-hydrogen) atoms. The van der Waals surface area contributed by atoms with Gasteiger partial charge in [-0.25, -0.2) is 4.39 Å². The Morgan fingerprint density at radius 1 is 1.52 bits per heavy atom. The molecule has 7 heteroatoms. The van der Waals surface area contributed by atoms with E-state index < -0.39 is 23.9 Å². The van der Waals surface area contributed by atoms with Crippen LogP contribution in [0.5, 0.6) is 0 Å². The quantitative estimate of drug-likeness (QED) is 0.874. The summed E-state index contributed by atoms with van der Waals surface area (Å²) in [5.41, 5.74) is 0.352. The summed E-state index contributed by atoms with van der Waals surface area (Å²) in [4.78, 5) is 22.9. The Morgan fingerprint density at radius 2 is 2.29 bits per heavy atom. The topological polar surface area (TPSA) is 75.6 Å². The number of carbonyl (C=O) groups is 2. The number of benzene rings is 1. The van der Waals surface area contributed by atoms with Crippen molar-refractivity contribution in [2.75, 3.05) is 6.61 Å². The van der Waals surface area contributed by atoms with Crippen LogP contribution in [0.3, 0.4) is 0 Å². The number of carboxylic acid groups (broad SMARTS) is 1. The highest BCUT2D eigenvalue weighted by atomic mass is 35.5. The van der Waals surface area contributed by atoms with Crippen LogP contribution in [0.4, 0.5) is 4.39 Å². The molecule has 1 saturated heterocycles. The molecule has 0 aliphatic carbocycles. The van der Waals surface area contributed by atoms with Crippen LogP contribution in [0.2, 0.25) is 5.02 Å². The van der Waals surface area contributed by atoms with E-state index >= 15 is 0 Å². The van der Waals surface area contributed by atoms with Crippen LogP contribution in [-0.2, 0) is 14.3 Å². The highest BCUT2D eigenvalue weighted by Crippen LogP contribution is 2.23. The van der Waals surface area contributed by atoms with E-state index in [-0.39, 0.29) is 17.4 Å². The van der Waals surface area contributed by atoms with Crippen molar-refractivity contribution in [1.82, 2.24) is 5.32 Å². The minimum Gasteiger partial charge on any atom is -0.481 e. The van der Waals surface area contributed by atoms with Gasteiger partial charge >= 0.3 is 5.97 Å². The molecule has 114 valence electrons. The molecule has 1 heterocycles. The monoisotopic (exact) mass is 315 g/mol. The van der Waals surface area contributed by atoms with Gasteiger partial charge in [-0.05, 0) is 30.5 Å². The largest absolute Gasteiger partial charge is 0.481 e. The normalized spacial score (nSPS) is 19.2. The molecule has 2 atom stereocenters. The number of aliphatic carboxylic acids is 1. The number of carbonyl (C=O) groups excluding carboxylic acids is 1. The predicted octanol–water partition coefficient (Wildman–Crippen LogP) is 2.29. The fourth-order valence-electron chi connectivity index (χ4n) is 2.21. The number of nitrogens with one attached hydrogen (secondary N) is 1. The number of amides is 1. The highest BCUT2D eigenvalue weighted by Gasteiger charge is 2.27. The first kappa shape index (κ1) is 15.7. The molecule has 1 fully saturated rings. The Morgan fingerprint density at radius 3 is 2.86 bits per heavy atom. The third kappa shape index (κ3) is 4.15. The maximum atomic E-state index is 13.5. The molecule has 2 rings (SSSR count). The first-order chi connectivity index (χ1) is 9.97. The average Bonchev–Trinajstić information content (AvgIpc) is 2.94. The van der Waals surface area contributed by atoms with Crippen molar-refractivity contribution in [3.8, 4) is 0 Å². The zero-order chi connectivity index (χ0) is 15.4. The second-order valence-electron chi connectivity index (χ2n) is 4.83. The number of carboxylic acids is 1. The SMILES string of the molecule is O=C(O)CC(NC(=O)[C@@H]1CCCO1)c1ccc(Cl)c(F)c1. The molecule has 1 unspecified atom stereocenters. The lowest BCUT2D eigenvalue weighted by molar-refractivity contribution is -0.138. The summed E-state index contributed by atoms with van der Waals surface area (Å²) in [6, 6.07) is 3.13. The Bertz CT molecular complexity index is 546. The standard InChI is InChI=1S/C14H15ClFNO4/c15-9-4-3-8(6-10(9)16)11(7-13(18)19)17-14(20)12-2-1-5-21-12/h3-4,6,11-12H,1-2,5,7H2,(H,17,20)(H,18,19)/t11?,12-/m0/s1. The second kappa shape index (κ2) is 6.87. The summed E-state index contributed by atoms with van der Waals surface area (Å²) >= 11 is 5.60. The third-order valence-electron chi connectivity index (χ3n) is 3.26. The predicted molar refractivity (Wildman–Crippen MR) is 73.5 cm³/mol. The van der Waals surface area contributed by atoms with Crippen LogP contribution in [-0.4, -0.2) is 29.7 Å². The van der Waals surface area contributed by atoms with Crippen LogP contribution in [0.25, 0.3) is 0 Å². The fourth-order valence-corrected chi connectivity index (χ4v) is 2.32. The number of ether oxygens (including phenoxy) is 1. The molecule has 0 radical (unpaired) electrons. The van der Waals surface area contributed by atoms with Crippen molar-refractivity contribution < 1.29 is 23.8 Å². The van der Waals surface area contributed by atoms with Crippen LogP contribution in [0.1, 0.15) is 30.9 Å².